The normalized spacial score (nSPS) is 19.2. The Kier molecular flexibility index (Phi) is 6.30. The highest BCUT2D eigenvalue weighted by Gasteiger charge is 2.45. The third-order valence-corrected chi connectivity index (χ3v) is 8.73. The molecule has 3 aromatic rings. The Morgan fingerprint density at radius 2 is 1.82 bits per heavy atom. The molecular formula is C23H23Cl2N3O4S. The van der Waals surface area contributed by atoms with E-state index in [0.29, 0.717) is 27.5 Å². The van der Waals surface area contributed by atoms with Gasteiger partial charge in [-0.1, -0.05) is 53.5 Å². The number of hydrogen-bond acceptors (Lipinski definition) is 4. The van der Waals surface area contributed by atoms with Gasteiger partial charge in [-0.25, -0.2) is 8.42 Å². The zero-order chi connectivity index (χ0) is 24.0. The summed E-state index contributed by atoms with van der Waals surface area (Å²) < 4.78 is 28.4. The molecule has 2 heterocycles. The molecular weight excluding hydrogens is 485 g/mol. The van der Waals surface area contributed by atoms with E-state index >= 15 is 0 Å². The molecule has 1 amide bonds. The van der Waals surface area contributed by atoms with Crippen LogP contribution in [0.3, 0.4) is 0 Å². The van der Waals surface area contributed by atoms with Gasteiger partial charge in [-0.15, -0.1) is 0 Å². The van der Waals surface area contributed by atoms with Gasteiger partial charge in [0, 0.05) is 31.0 Å². The average molecular weight is 508 g/mol. The highest BCUT2D eigenvalue weighted by Crippen LogP contribution is 2.36. The van der Waals surface area contributed by atoms with Crippen LogP contribution >= 0.6 is 23.2 Å². The summed E-state index contributed by atoms with van der Waals surface area (Å²) >= 11 is 12.5. The first-order valence-corrected chi connectivity index (χ1v) is 12.7. The summed E-state index contributed by atoms with van der Waals surface area (Å²) in [4.78, 5) is 25.0. The quantitative estimate of drug-likeness (QED) is 0.550. The van der Waals surface area contributed by atoms with Gasteiger partial charge in [0.25, 0.3) is 5.91 Å². The van der Waals surface area contributed by atoms with Crippen molar-refractivity contribution in [2.75, 3.05) is 18.8 Å². The Bertz CT molecular complexity index is 1360. The predicted octanol–water partition coefficient (Wildman–Crippen LogP) is 3.73. The van der Waals surface area contributed by atoms with Gasteiger partial charge in [-0.2, -0.15) is 4.31 Å². The van der Waals surface area contributed by atoms with E-state index in [2.05, 4.69) is 5.32 Å². The molecule has 1 N–H and O–H groups in total. The zero-order valence-electron chi connectivity index (χ0n) is 18.1. The molecule has 10 heteroatoms. The number of nitrogens with zero attached hydrogens (tertiary/aromatic N) is 2. The topological polar surface area (TPSA) is 88.5 Å². The van der Waals surface area contributed by atoms with Gasteiger partial charge in [0.05, 0.1) is 15.6 Å². The molecule has 0 aliphatic carbocycles. The fraction of sp³-hybridized carbons (Fsp3) is 0.304. The molecule has 0 bridgehead atoms. The van der Waals surface area contributed by atoms with Gasteiger partial charge in [-0.05, 0) is 37.1 Å². The smallest absolute Gasteiger partial charge is 0.268 e. The van der Waals surface area contributed by atoms with Crippen molar-refractivity contribution in [3.8, 4) is 0 Å². The number of carbonyl (C=O) groups excluding carboxylic acids is 2. The van der Waals surface area contributed by atoms with Crippen LogP contribution in [0.25, 0.3) is 10.9 Å². The molecule has 1 saturated heterocycles. The van der Waals surface area contributed by atoms with Crippen molar-refractivity contribution < 1.29 is 18.0 Å². The summed E-state index contributed by atoms with van der Waals surface area (Å²) in [7, 11) is -2.02. The number of benzene rings is 2. The SMILES string of the molecule is CC(=O)CS(=O)(=O)N1CCC(NC(=O)c2cc3c(Cl)c(Cl)ccc3n2C)(c2ccccc2)C1. The van der Waals surface area contributed by atoms with E-state index in [9.17, 15) is 18.0 Å². The van der Waals surface area contributed by atoms with E-state index in [1.165, 1.54) is 11.2 Å². The van der Waals surface area contributed by atoms with Crippen molar-refractivity contribution >= 4 is 55.8 Å². The minimum absolute atomic E-state index is 0.0366. The maximum Gasteiger partial charge on any atom is 0.268 e. The third-order valence-electron chi connectivity index (χ3n) is 6.04. The minimum atomic E-state index is -3.78. The van der Waals surface area contributed by atoms with Gasteiger partial charge >= 0.3 is 0 Å². The van der Waals surface area contributed by atoms with Crippen LogP contribution in [0.4, 0.5) is 0 Å². The first kappa shape index (κ1) is 23.8. The van der Waals surface area contributed by atoms with Gasteiger partial charge in [0.2, 0.25) is 10.0 Å². The number of ketones is 1. The van der Waals surface area contributed by atoms with Crippen molar-refractivity contribution in [3.05, 3.63) is 69.8 Å². The maximum absolute atomic E-state index is 13.5. The van der Waals surface area contributed by atoms with Crippen LogP contribution in [0.2, 0.25) is 10.0 Å². The number of Topliss-reactive ketones (excluding diaryl/α,β-unsaturated/α-hetero) is 1. The Morgan fingerprint density at radius 3 is 2.48 bits per heavy atom. The van der Waals surface area contributed by atoms with E-state index in [4.69, 9.17) is 23.2 Å². The number of fused-ring (bicyclic) bond motifs is 1. The lowest BCUT2D eigenvalue weighted by molar-refractivity contribution is -0.114. The largest absolute Gasteiger partial charge is 0.340 e. The maximum atomic E-state index is 13.5. The second-order valence-electron chi connectivity index (χ2n) is 8.33. The van der Waals surface area contributed by atoms with Crippen LogP contribution in [-0.4, -0.2) is 47.8 Å². The molecule has 1 atom stereocenters. The number of aryl methyl sites for hydroxylation is 1. The third kappa shape index (κ3) is 4.40. The molecule has 7 nitrogen and oxygen atoms in total. The number of rotatable bonds is 6. The molecule has 0 spiro atoms. The molecule has 1 aromatic heterocycles. The standard InChI is InChI=1S/C23H23Cl2N3O4S/c1-15(29)13-33(31,32)28-11-10-23(14-28,16-6-4-3-5-7-16)26-22(30)20-12-17-19(27(20)2)9-8-18(24)21(17)25/h3-9,12H,10-11,13-14H2,1-2H3,(H,26,30). The Labute approximate surface area is 202 Å². The molecule has 1 aliphatic heterocycles. The van der Waals surface area contributed by atoms with Gasteiger partial charge in [0.1, 0.15) is 17.2 Å². The Balaban J connectivity index is 1.72. The molecule has 4 rings (SSSR count). The molecule has 0 radical (unpaired) electrons. The van der Waals surface area contributed by atoms with Crippen LogP contribution in [0.5, 0.6) is 0 Å². The van der Waals surface area contributed by atoms with E-state index in [-0.39, 0.29) is 19.0 Å². The van der Waals surface area contributed by atoms with Crippen LogP contribution < -0.4 is 5.32 Å². The molecule has 1 unspecified atom stereocenters. The lowest BCUT2D eigenvalue weighted by Crippen LogP contribution is -2.49. The van der Waals surface area contributed by atoms with Crippen LogP contribution in [0.15, 0.2) is 48.5 Å². The zero-order valence-corrected chi connectivity index (χ0v) is 20.5. The molecule has 2 aromatic carbocycles. The summed E-state index contributed by atoms with van der Waals surface area (Å²) in [5.74, 6) is -1.35. The minimum Gasteiger partial charge on any atom is -0.340 e. The number of sulfonamides is 1. The second-order valence-corrected chi connectivity index (χ2v) is 11.1. The number of amides is 1. The van der Waals surface area contributed by atoms with E-state index in [0.717, 1.165) is 11.1 Å². The number of halogens is 2. The predicted molar refractivity (Wildman–Crippen MR) is 129 cm³/mol. The van der Waals surface area contributed by atoms with Crippen molar-refractivity contribution in [1.29, 1.82) is 0 Å². The Morgan fingerprint density at radius 1 is 1.12 bits per heavy atom. The number of carbonyl (C=O) groups is 2. The molecule has 0 saturated carbocycles. The van der Waals surface area contributed by atoms with E-state index < -0.39 is 27.1 Å². The molecule has 1 fully saturated rings. The highest BCUT2D eigenvalue weighted by atomic mass is 35.5. The molecule has 174 valence electrons. The number of aromatic nitrogens is 1. The van der Waals surface area contributed by atoms with Crippen molar-refractivity contribution in [3.63, 3.8) is 0 Å². The second kappa shape index (κ2) is 8.76. The summed E-state index contributed by atoms with van der Waals surface area (Å²) in [5.41, 5.74) is 0.966. The average Bonchev–Trinajstić information content (AvgIpc) is 3.34. The number of hydrogen-bond donors (Lipinski definition) is 1. The fourth-order valence-electron chi connectivity index (χ4n) is 4.38. The summed E-state index contributed by atoms with van der Waals surface area (Å²) in [6.45, 7) is 1.48. The van der Waals surface area contributed by atoms with Gasteiger partial charge < -0.3 is 9.88 Å². The molecule has 33 heavy (non-hydrogen) atoms. The first-order chi connectivity index (χ1) is 15.5. The van der Waals surface area contributed by atoms with Gasteiger partial charge in [-0.3, -0.25) is 9.59 Å². The summed E-state index contributed by atoms with van der Waals surface area (Å²) in [5, 5.41) is 4.50. The van der Waals surface area contributed by atoms with Crippen LogP contribution in [0, 0.1) is 0 Å². The first-order valence-electron chi connectivity index (χ1n) is 10.3. The lowest BCUT2D eigenvalue weighted by Gasteiger charge is -2.31. The number of nitrogens with one attached hydrogen (secondary N) is 1. The summed E-state index contributed by atoms with van der Waals surface area (Å²) in [6.07, 6.45) is 0.371. The molecule has 1 aliphatic rings. The van der Waals surface area contributed by atoms with Crippen molar-refractivity contribution in [1.82, 2.24) is 14.2 Å². The van der Waals surface area contributed by atoms with Crippen LogP contribution in [0.1, 0.15) is 29.4 Å². The van der Waals surface area contributed by atoms with E-state index in [1.54, 1.807) is 29.8 Å². The van der Waals surface area contributed by atoms with E-state index in [1.807, 2.05) is 30.3 Å². The van der Waals surface area contributed by atoms with Gasteiger partial charge in [0.15, 0.2) is 0 Å². The summed E-state index contributed by atoms with van der Waals surface area (Å²) in [6, 6.07) is 14.4. The fourth-order valence-corrected chi connectivity index (χ4v) is 6.24. The van der Waals surface area contributed by atoms with Crippen molar-refractivity contribution in [2.45, 2.75) is 18.9 Å². The monoisotopic (exact) mass is 507 g/mol. The Hall–Kier alpha value is -2.39. The van der Waals surface area contributed by atoms with Crippen LogP contribution in [-0.2, 0) is 27.4 Å². The lowest BCUT2D eigenvalue weighted by atomic mass is 9.89. The highest BCUT2D eigenvalue weighted by molar-refractivity contribution is 7.89. The van der Waals surface area contributed by atoms with Crippen molar-refractivity contribution in [2.24, 2.45) is 7.05 Å².